The highest BCUT2D eigenvalue weighted by atomic mass is 32.2. The number of hydrogen-bond acceptors (Lipinski definition) is 2. The molecule has 4 heteroatoms. The van der Waals surface area contributed by atoms with E-state index in [-0.39, 0.29) is 5.41 Å². The average molecular weight is 370 g/mol. The number of aryl methyl sites for hydroxylation is 1. The number of rotatable bonds is 5. The van der Waals surface area contributed by atoms with Gasteiger partial charge in [0.15, 0.2) is 0 Å². The normalized spacial score (nSPS) is 39.0. The van der Waals surface area contributed by atoms with E-state index in [0.29, 0.717) is 10.3 Å². The summed E-state index contributed by atoms with van der Waals surface area (Å²) in [5.74, 6) is 3.20. The van der Waals surface area contributed by atoms with E-state index in [1.165, 1.54) is 38.5 Å². The van der Waals surface area contributed by atoms with Crippen LogP contribution in [-0.4, -0.2) is 19.3 Å². The van der Waals surface area contributed by atoms with Gasteiger partial charge in [0.1, 0.15) is 0 Å². The SMILES string of the molecule is Cc1ccc(S(=O)(=O)N2C=CC3(C4CC4)C(C4CC4)C3(C3CC3)C2)cc1. The van der Waals surface area contributed by atoms with Crippen LogP contribution in [0.4, 0.5) is 0 Å². The van der Waals surface area contributed by atoms with Gasteiger partial charge >= 0.3 is 0 Å². The monoisotopic (exact) mass is 369 g/mol. The smallest absolute Gasteiger partial charge is 0.263 e. The summed E-state index contributed by atoms with van der Waals surface area (Å²) >= 11 is 0. The third kappa shape index (κ3) is 1.87. The van der Waals surface area contributed by atoms with Gasteiger partial charge in [0, 0.05) is 23.6 Å². The summed E-state index contributed by atoms with van der Waals surface area (Å²) in [6.45, 7) is 2.72. The molecule has 0 spiro atoms. The van der Waals surface area contributed by atoms with Crippen LogP contribution >= 0.6 is 0 Å². The third-order valence-electron chi connectivity index (χ3n) is 8.01. The molecular weight excluding hydrogens is 342 g/mol. The van der Waals surface area contributed by atoms with E-state index in [1.807, 2.05) is 25.3 Å². The van der Waals surface area contributed by atoms with E-state index < -0.39 is 10.0 Å². The highest BCUT2D eigenvalue weighted by Crippen LogP contribution is 2.88. The van der Waals surface area contributed by atoms with Crippen LogP contribution in [0.5, 0.6) is 0 Å². The van der Waals surface area contributed by atoms with Gasteiger partial charge in [-0.2, -0.15) is 0 Å². The average Bonchev–Trinajstić information content (AvgIpc) is 3.44. The standard InChI is InChI=1S/C22H27NO2S/c1-15-2-10-19(11-3-15)26(24,25)23-13-12-21(17-6-7-17)20(16-4-5-16)22(21,14-23)18-8-9-18/h2-3,10-13,16-18,20H,4-9,14H2,1H3. The Kier molecular flexibility index (Phi) is 2.88. The Morgan fingerprint density at radius 3 is 2.19 bits per heavy atom. The fraction of sp³-hybridized carbons (Fsp3) is 0.636. The summed E-state index contributed by atoms with van der Waals surface area (Å²) in [5, 5.41) is 0. The van der Waals surface area contributed by atoms with Crippen LogP contribution in [-0.2, 0) is 10.0 Å². The molecule has 0 amide bonds. The summed E-state index contributed by atoms with van der Waals surface area (Å²) in [7, 11) is -3.44. The summed E-state index contributed by atoms with van der Waals surface area (Å²) < 4.78 is 28.3. The Hall–Kier alpha value is -1.29. The van der Waals surface area contributed by atoms with Gasteiger partial charge in [0.05, 0.1) is 4.90 Å². The third-order valence-corrected chi connectivity index (χ3v) is 9.74. The molecule has 26 heavy (non-hydrogen) atoms. The first-order valence-electron chi connectivity index (χ1n) is 10.3. The van der Waals surface area contributed by atoms with Crippen molar-refractivity contribution in [1.29, 1.82) is 0 Å². The first-order chi connectivity index (χ1) is 12.5. The Labute approximate surface area is 156 Å². The van der Waals surface area contributed by atoms with Gasteiger partial charge in [-0.05, 0) is 81.3 Å². The fourth-order valence-electron chi connectivity index (χ4n) is 6.57. The van der Waals surface area contributed by atoms with Crippen molar-refractivity contribution in [2.45, 2.75) is 50.3 Å². The minimum atomic E-state index is -3.44. The van der Waals surface area contributed by atoms with Gasteiger partial charge in [-0.25, -0.2) is 8.42 Å². The van der Waals surface area contributed by atoms with Crippen LogP contribution in [0.2, 0.25) is 0 Å². The van der Waals surface area contributed by atoms with E-state index >= 15 is 0 Å². The number of nitrogens with zero attached hydrogens (tertiary/aromatic N) is 1. The second kappa shape index (κ2) is 4.76. The summed E-state index contributed by atoms with van der Waals surface area (Å²) in [6.07, 6.45) is 12.4. The Morgan fingerprint density at radius 1 is 0.962 bits per heavy atom. The van der Waals surface area contributed by atoms with Crippen molar-refractivity contribution in [1.82, 2.24) is 4.31 Å². The molecule has 5 aliphatic rings. The van der Waals surface area contributed by atoms with Crippen LogP contribution in [0, 0.1) is 41.4 Å². The van der Waals surface area contributed by atoms with Crippen LogP contribution in [0.15, 0.2) is 41.4 Å². The molecule has 0 N–H and O–H groups in total. The molecular formula is C22H27NO2S. The van der Waals surface area contributed by atoms with Crippen molar-refractivity contribution in [2.75, 3.05) is 6.54 Å². The van der Waals surface area contributed by atoms with Gasteiger partial charge in [0.25, 0.3) is 10.0 Å². The quantitative estimate of drug-likeness (QED) is 0.774. The first-order valence-corrected chi connectivity index (χ1v) is 11.7. The fourth-order valence-corrected chi connectivity index (χ4v) is 7.93. The minimum absolute atomic E-state index is 0.252. The summed E-state index contributed by atoms with van der Waals surface area (Å²) in [4.78, 5) is 0.432. The van der Waals surface area contributed by atoms with Gasteiger partial charge in [0.2, 0.25) is 0 Å². The van der Waals surface area contributed by atoms with Crippen molar-refractivity contribution < 1.29 is 8.42 Å². The molecule has 3 unspecified atom stereocenters. The molecule has 1 aromatic carbocycles. The highest BCUT2D eigenvalue weighted by molar-refractivity contribution is 7.89. The van der Waals surface area contributed by atoms with Crippen LogP contribution in [0.25, 0.3) is 0 Å². The van der Waals surface area contributed by atoms with E-state index in [0.717, 1.165) is 35.8 Å². The number of fused-ring (bicyclic) bond motifs is 1. The van der Waals surface area contributed by atoms with Gasteiger partial charge in [-0.15, -0.1) is 0 Å². The lowest BCUT2D eigenvalue weighted by molar-refractivity contribution is 0.246. The van der Waals surface area contributed by atoms with Crippen LogP contribution in [0.1, 0.15) is 44.1 Å². The van der Waals surface area contributed by atoms with Gasteiger partial charge < -0.3 is 0 Å². The second-order valence-corrected chi connectivity index (χ2v) is 11.4. The molecule has 6 rings (SSSR count). The molecule has 1 heterocycles. The highest BCUT2D eigenvalue weighted by Gasteiger charge is 2.85. The molecule has 0 saturated heterocycles. The van der Waals surface area contributed by atoms with Gasteiger partial charge in [-0.3, -0.25) is 4.31 Å². The minimum Gasteiger partial charge on any atom is -0.273 e. The lowest BCUT2D eigenvalue weighted by Crippen LogP contribution is -2.39. The number of benzene rings is 1. The zero-order valence-corrected chi connectivity index (χ0v) is 16.2. The summed E-state index contributed by atoms with van der Waals surface area (Å²) in [5.41, 5.74) is 1.69. The lowest BCUT2D eigenvalue weighted by Gasteiger charge is -2.34. The molecule has 1 aromatic rings. The van der Waals surface area contributed by atoms with Crippen molar-refractivity contribution in [2.24, 2.45) is 34.5 Å². The van der Waals surface area contributed by atoms with E-state index in [1.54, 1.807) is 16.4 Å². The predicted octanol–water partition coefficient (Wildman–Crippen LogP) is 4.35. The predicted molar refractivity (Wildman–Crippen MR) is 101 cm³/mol. The molecule has 0 aromatic heterocycles. The molecule has 138 valence electrons. The maximum Gasteiger partial charge on any atom is 0.263 e. The summed E-state index contributed by atoms with van der Waals surface area (Å²) in [6, 6.07) is 7.32. The lowest BCUT2D eigenvalue weighted by atomic mass is 9.83. The number of hydrogen-bond donors (Lipinski definition) is 0. The van der Waals surface area contributed by atoms with Crippen molar-refractivity contribution >= 4 is 10.0 Å². The van der Waals surface area contributed by atoms with E-state index in [2.05, 4.69) is 6.08 Å². The molecule has 4 fully saturated rings. The van der Waals surface area contributed by atoms with E-state index in [4.69, 9.17) is 0 Å². The molecule has 3 nitrogen and oxygen atoms in total. The zero-order chi connectivity index (χ0) is 17.7. The molecule has 4 saturated carbocycles. The Balaban J connectivity index is 1.40. The molecule has 1 aliphatic heterocycles. The Bertz CT molecular complexity index is 893. The first kappa shape index (κ1) is 15.7. The maximum absolute atomic E-state index is 13.3. The molecule has 4 aliphatic carbocycles. The number of allylic oxidation sites excluding steroid dienone is 1. The van der Waals surface area contributed by atoms with Crippen molar-refractivity contribution in [3.63, 3.8) is 0 Å². The largest absolute Gasteiger partial charge is 0.273 e. The van der Waals surface area contributed by atoms with Crippen molar-refractivity contribution in [3.05, 3.63) is 42.1 Å². The van der Waals surface area contributed by atoms with Crippen molar-refractivity contribution in [3.8, 4) is 0 Å². The second-order valence-electron chi connectivity index (χ2n) is 9.52. The topological polar surface area (TPSA) is 37.4 Å². The molecule has 3 atom stereocenters. The van der Waals surface area contributed by atoms with Gasteiger partial charge in [-0.1, -0.05) is 23.8 Å². The number of sulfonamides is 1. The maximum atomic E-state index is 13.3. The Morgan fingerprint density at radius 2 is 1.62 bits per heavy atom. The molecule has 0 radical (unpaired) electrons. The van der Waals surface area contributed by atoms with E-state index in [9.17, 15) is 8.42 Å². The molecule has 0 bridgehead atoms. The van der Waals surface area contributed by atoms with Crippen LogP contribution in [0.3, 0.4) is 0 Å². The zero-order valence-electron chi connectivity index (χ0n) is 15.4. The van der Waals surface area contributed by atoms with Crippen LogP contribution < -0.4 is 0 Å².